The Labute approximate surface area is 153 Å². The van der Waals surface area contributed by atoms with Crippen molar-refractivity contribution in [3.8, 4) is 5.69 Å². The van der Waals surface area contributed by atoms with E-state index in [2.05, 4.69) is 25.5 Å². The molecule has 0 aliphatic rings. The molecular weight excluding hydrogens is 348 g/mol. The van der Waals surface area contributed by atoms with Crippen LogP contribution in [0.25, 0.3) is 16.6 Å². The monoisotopic (exact) mass is 364 g/mol. The van der Waals surface area contributed by atoms with E-state index in [0.29, 0.717) is 27.6 Å². The summed E-state index contributed by atoms with van der Waals surface area (Å²) < 4.78 is 1.73. The van der Waals surface area contributed by atoms with Gasteiger partial charge in [-0.15, -0.1) is 5.10 Å². The molecule has 0 saturated heterocycles. The number of benzene rings is 2. The molecule has 0 aliphatic heterocycles. The Morgan fingerprint density at radius 2 is 1.85 bits per heavy atom. The fraction of sp³-hybridized carbons (Fsp3) is 0.167. The zero-order valence-corrected chi connectivity index (χ0v) is 15.1. The SMILES string of the molecule is Cc1cccc(C)c1-n1nnnc1SCc1nc2ccccc2c(=O)[nH]1. The first kappa shape index (κ1) is 16.5. The molecule has 0 radical (unpaired) electrons. The first-order chi connectivity index (χ1) is 12.6. The number of rotatable bonds is 4. The van der Waals surface area contributed by atoms with Crippen molar-refractivity contribution in [2.24, 2.45) is 0 Å². The first-order valence-electron chi connectivity index (χ1n) is 8.09. The van der Waals surface area contributed by atoms with Crippen molar-refractivity contribution in [2.75, 3.05) is 0 Å². The van der Waals surface area contributed by atoms with Crippen LogP contribution in [0.1, 0.15) is 17.0 Å². The maximum Gasteiger partial charge on any atom is 0.258 e. The number of nitrogens with one attached hydrogen (secondary N) is 1. The van der Waals surface area contributed by atoms with E-state index < -0.39 is 0 Å². The smallest absolute Gasteiger partial charge is 0.258 e. The summed E-state index contributed by atoms with van der Waals surface area (Å²) >= 11 is 1.43. The van der Waals surface area contributed by atoms with Crippen molar-refractivity contribution >= 4 is 22.7 Å². The van der Waals surface area contributed by atoms with Gasteiger partial charge in [-0.1, -0.05) is 42.1 Å². The third kappa shape index (κ3) is 2.99. The van der Waals surface area contributed by atoms with Crippen molar-refractivity contribution in [1.82, 2.24) is 30.2 Å². The predicted molar refractivity (Wildman–Crippen MR) is 101 cm³/mol. The number of hydrogen-bond donors (Lipinski definition) is 1. The van der Waals surface area contributed by atoms with Gasteiger partial charge in [0.05, 0.1) is 22.3 Å². The van der Waals surface area contributed by atoms with Crippen LogP contribution in [0.15, 0.2) is 52.4 Å². The quantitative estimate of drug-likeness (QED) is 0.560. The summed E-state index contributed by atoms with van der Waals surface area (Å²) in [5.41, 5.74) is 3.70. The van der Waals surface area contributed by atoms with E-state index in [-0.39, 0.29) is 5.56 Å². The fourth-order valence-electron chi connectivity index (χ4n) is 2.89. The summed E-state index contributed by atoms with van der Waals surface area (Å²) in [7, 11) is 0. The fourth-order valence-corrected chi connectivity index (χ4v) is 3.63. The summed E-state index contributed by atoms with van der Waals surface area (Å²) in [6, 6.07) is 13.4. The largest absolute Gasteiger partial charge is 0.309 e. The van der Waals surface area contributed by atoms with Crippen molar-refractivity contribution in [1.29, 1.82) is 0 Å². The van der Waals surface area contributed by atoms with Crippen molar-refractivity contribution < 1.29 is 0 Å². The second-order valence-electron chi connectivity index (χ2n) is 5.93. The van der Waals surface area contributed by atoms with Crippen molar-refractivity contribution in [3.05, 3.63) is 69.8 Å². The average molecular weight is 364 g/mol. The Bertz CT molecular complexity index is 1130. The highest BCUT2D eigenvalue weighted by Gasteiger charge is 2.14. The zero-order chi connectivity index (χ0) is 18.1. The molecule has 0 saturated carbocycles. The normalized spacial score (nSPS) is 11.2. The van der Waals surface area contributed by atoms with E-state index in [0.717, 1.165) is 16.8 Å². The number of nitrogens with zero attached hydrogens (tertiary/aromatic N) is 5. The molecule has 2 aromatic carbocycles. The molecule has 4 aromatic rings. The topological polar surface area (TPSA) is 89.3 Å². The van der Waals surface area contributed by atoms with E-state index >= 15 is 0 Å². The van der Waals surface area contributed by atoms with Crippen LogP contribution >= 0.6 is 11.8 Å². The molecule has 0 spiro atoms. The number of hydrogen-bond acceptors (Lipinski definition) is 6. The van der Waals surface area contributed by atoms with Crippen LogP contribution in [-0.4, -0.2) is 30.2 Å². The Hall–Kier alpha value is -3.00. The highest BCUT2D eigenvalue weighted by atomic mass is 32.2. The molecule has 0 aliphatic carbocycles. The molecule has 26 heavy (non-hydrogen) atoms. The summed E-state index contributed by atoms with van der Waals surface area (Å²) in [6.07, 6.45) is 0. The van der Waals surface area contributed by atoms with E-state index in [9.17, 15) is 4.79 Å². The van der Waals surface area contributed by atoms with Gasteiger partial charge in [0.15, 0.2) is 0 Å². The van der Waals surface area contributed by atoms with Gasteiger partial charge < -0.3 is 4.98 Å². The van der Waals surface area contributed by atoms with E-state index in [1.54, 1.807) is 10.7 Å². The van der Waals surface area contributed by atoms with Gasteiger partial charge >= 0.3 is 0 Å². The average Bonchev–Trinajstić information content (AvgIpc) is 3.08. The number of para-hydroxylation sites is 2. The van der Waals surface area contributed by atoms with Gasteiger partial charge in [-0.3, -0.25) is 4.79 Å². The van der Waals surface area contributed by atoms with Gasteiger partial charge in [0.25, 0.3) is 5.56 Å². The number of thioether (sulfide) groups is 1. The van der Waals surface area contributed by atoms with Gasteiger partial charge in [-0.25, -0.2) is 4.98 Å². The first-order valence-corrected chi connectivity index (χ1v) is 9.08. The summed E-state index contributed by atoms with van der Waals surface area (Å²) in [5.74, 6) is 1.06. The maximum absolute atomic E-state index is 12.2. The standard InChI is InChI=1S/C18H16N6OS/c1-11-6-5-7-12(2)16(11)24-18(21-22-23-24)26-10-15-19-14-9-4-3-8-13(14)17(25)20-15/h3-9H,10H2,1-2H3,(H,19,20,25). The lowest BCUT2D eigenvalue weighted by Gasteiger charge is -2.10. The lowest BCUT2D eigenvalue weighted by Crippen LogP contribution is -2.11. The molecule has 0 fully saturated rings. The second kappa shape index (κ2) is 6.72. The number of tetrazole rings is 1. The van der Waals surface area contributed by atoms with E-state index in [1.165, 1.54) is 11.8 Å². The maximum atomic E-state index is 12.2. The molecule has 7 nitrogen and oxygen atoms in total. The summed E-state index contributed by atoms with van der Waals surface area (Å²) in [6.45, 7) is 4.06. The van der Waals surface area contributed by atoms with Crippen molar-refractivity contribution in [3.63, 3.8) is 0 Å². The Morgan fingerprint density at radius 3 is 2.65 bits per heavy atom. The Balaban J connectivity index is 1.64. The summed E-state index contributed by atoms with van der Waals surface area (Å²) in [5, 5.41) is 13.3. The van der Waals surface area contributed by atoms with Gasteiger partial charge in [0.2, 0.25) is 5.16 Å². The number of aromatic amines is 1. The molecule has 1 N–H and O–H groups in total. The second-order valence-corrected chi connectivity index (χ2v) is 6.87. The molecule has 0 atom stereocenters. The molecule has 2 aromatic heterocycles. The predicted octanol–water partition coefficient (Wildman–Crippen LogP) is 2.81. The molecule has 8 heteroatoms. The van der Waals surface area contributed by atoms with Crippen LogP contribution in [0.3, 0.4) is 0 Å². The number of aryl methyl sites for hydroxylation is 2. The van der Waals surface area contributed by atoms with Crippen LogP contribution in [0.5, 0.6) is 0 Å². The van der Waals surface area contributed by atoms with Crippen LogP contribution in [-0.2, 0) is 5.75 Å². The Kier molecular flexibility index (Phi) is 4.26. The highest BCUT2D eigenvalue weighted by molar-refractivity contribution is 7.98. The van der Waals surface area contributed by atoms with Gasteiger partial charge in [-0.05, 0) is 47.5 Å². The van der Waals surface area contributed by atoms with Gasteiger partial charge in [-0.2, -0.15) is 4.68 Å². The number of aromatic nitrogens is 6. The van der Waals surface area contributed by atoms with E-state index in [1.807, 2.05) is 50.2 Å². The molecule has 0 amide bonds. The minimum atomic E-state index is -0.138. The van der Waals surface area contributed by atoms with E-state index in [4.69, 9.17) is 0 Å². The third-order valence-corrected chi connectivity index (χ3v) is 5.02. The van der Waals surface area contributed by atoms with Crippen LogP contribution in [0.2, 0.25) is 0 Å². The number of fused-ring (bicyclic) bond motifs is 1. The highest BCUT2D eigenvalue weighted by Crippen LogP contribution is 2.25. The molecule has 0 unspecified atom stereocenters. The Morgan fingerprint density at radius 1 is 1.08 bits per heavy atom. The summed E-state index contributed by atoms with van der Waals surface area (Å²) in [4.78, 5) is 19.5. The van der Waals surface area contributed by atoms with Gasteiger partial charge in [0, 0.05) is 0 Å². The van der Waals surface area contributed by atoms with Crippen LogP contribution in [0.4, 0.5) is 0 Å². The van der Waals surface area contributed by atoms with Crippen LogP contribution in [0, 0.1) is 13.8 Å². The lowest BCUT2D eigenvalue weighted by atomic mass is 10.1. The van der Waals surface area contributed by atoms with Crippen molar-refractivity contribution in [2.45, 2.75) is 24.8 Å². The minimum absolute atomic E-state index is 0.138. The molecule has 0 bridgehead atoms. The zero-order valence-electron chi connectivity index (χ0n) is 14.3. The molecule has 130 valence electrons. The molecule has 2 heterocycles. The number of H-pyrrole nitrogens is 1. The molecular formula is C18H16N6OS. The van der Waals surface area contributed by atoms with Gasteiger partial charge in [0.1, 0.15) is 5.82 Å². The third-order valence-electron chi connectivity index (χ3n) is 4.09. The molecule has 4 rings (SSSR count). The van der Waals surface area contributed by atoms with Crippen LogP contribution < -0.4 is 5.56 Å². The lowest BCUT2D eigenvalue weighted by molar-refractivity contribution is 0.747. The minimum Gasteiger partial charge on any atom is -0.309 e.